The van der Waals surface area contributed by atoms with Gasteiger partial charge in [-0.2, -0.15) is 0 Å². The van der Waals surface area contributed by atoms with E-state index in [1.54, 1.807) is 43.3 Å². The second-order valence-electron chi connectivity index (χ2n) is 4.74. The highest BCUT2D eigenvalue weighted by atomic mass is 32.2. The Hall–Kier alpha value is -2.34. The smallest absolute Gasteiger partial charge is 0.261 e. The molecule has 2 rings (SSSR count). The fourth-order valence-corrected chi connectivity index (χ4v) is 2.99. The summed E-state index contributed by atoms with van der Waals surface area (Å²) >= 11 is 0. The number of aryl methyl sites for hydroxylation is 1. The predicted octanol–water partition coefficient (Wildman–Crippen LogP) is 1.92. The van der Waals surface area contributed by atoms with Crippen molar-refractivity contribution in [2.75, 3.05) is 11.3 Å². The molecule has 2 aromatic rings. The van der Waals surface area contributed by atoms with E-state index in [-0.39, 0.29) is 16.1 Å². The lowest BCUT2D eigenvalue weighted by Gasteiger charge is -2.17. The zero-order valence-corrected chi connectivity index (χ0v) is 13.2. The molecule has 116 valence electrons. The molecule has 0 aliphatic carbocycles. The first-order valence-electron chi connectivity index (χ1n) is 6.84. The molecule has 0 saturated heterocycles. The highest BCUT2D eigenvalue weighted by Gasteiger charge is 2.15. The molecule has 0 bridgehead atoms. The SMILES string of the molecule is CCN=C([O-])c1ccccc1NS(=O)(=O)c1ccc(C)cc1. The number of hydrogen-bond acceptors (Lipinski definition) is 4. The monoisotopic (exact) mass is 317 g/mol. The van der Waals surface area contributed by atoms with E-state index >= 15 is 0 Å². The van der Waals surface area contributed by atoms with Crippen LogP contribution < -0.4 is 9.83 Å². The van der Waals surface area contributed by atoms with Gasteiger partial charge in [0.2, 0.25) is 0 Å². The van der Waals surface area contributed by atoms with Gasteiger partial charge in [0, 0.05) is 12.1 Å². The number of nitrogens with one attached hydrogen (secondary N) is 1. The number of para-hydroxylation sites is 1. The van der Waals surface area contributed by atoms with Crippen molar-refractivity contribution in [3.05, 3.63) is 59.7 Å². The number of aliphatic imine (C=N–C) groups is 1. The van der Waals surface area contributed by atoms with Crippen LogP contribution in [0, 0.1) is 6.92 Å². The van der Waals surface area contributed by atoms with Crippen LogP contribution in [0.1, 0.15) is 18.1 Å². The Labute approximate surface area is 130 Å². The first-order chi connectivity index (χ1) is 10.4. The van der Waals surface area contributed by atoms with Crippen molar-refractivity contribution in [1.29, 1.82) is 0 Å². The fraction of sp³-hybridized carbons (Fsp3) is 0.188. The van der Waals surface area contributed by atoms with Gasteiger partial charge in [-0.25, -0.2) is 8.42 Å². The van der Waals surface area contributed by atoms with Crippen molar-refractivity contribution in [1.82, 2.24) is 0 Å². The number of benzene rings is 2. The van der Waals surface area contributed by atoms with Crippen LogP contribution in [0.2, 0.25) is 0 Å². The molecular weight excluding hydrogens is 300 g/mol. The lowest BCUT2D eigenvalue weighted by atomic mass is 10.2. The van der Waals surface area contributed by atoms with Crippen LogP contribution in [-0.4, -0.2) is 20.9 Å². The van der Waals surface area contributed by atoms with Crippen molar-refractivity contribution in [3.8, 4) is 0 Å². The lowest BCUT2D eigenvalue weighted by molar-refractivity contribution is -0.213. The number of rotatable bonds is 5. The summed E-state index contributed by atoms with van der Waals surface area (Å²) in [6.07, 6.45) is 0. The molecule has 0 spiro atoms. The van der Waals surface area contributed by atoms with Gasteiger partial charge in [0.05, 0.1) is 10.6 Å². The minimum absolute atomic E-state index is 0.146. The molecule has 0 atom stereocenters. The summed E-state index contributed by atoms with van der Waals surface area (Å²) in [6.45, 7) is 3.97. The molecule has 0 fully saturated rings. The van der Waals surface area contributed by atoms with E-state index in [0.717, 1.165) is 5.56 Å². The van der Waals surface area contributed by atoms with Crippen LogP contribution in [0.3, 0.4) is 0 Å². The third-order valence-corrected chi connectivity index (χ3v) is 4.42. The minimum atomic E-state index is -3.74. The summed E-state index contributed by atoms with van der Waals surface area (Å²) in [7, 11) is -3.74. The second-order valence-corrected chi connectivity index (χ2v) is 6.43. The van der Waals surface area contributed by atoms with Gasteiger partial charge in [0.25, 0.3) is 10.0 Å². The second kappa shape index (κ2) is 6.62. The van der Waals surface area contributed by atoms with Gasteiger partial charge in [-0.3, -0.25) is 4.72 Å². The average molecular weight is 317 g/mol. The summed E-state index contributed by atoms with van der Waals surface area (Å²) in [5, 5.41) is 11.9. The summed E-state index contributed by atoms with van der Waals surface area (Å²) in [5.74, 6) is -0.440. The summed E-state index contributed by atoms with van der Waals surface area (Å²) in [5.41, 5.74) is 1.43. The van der Waals surface area contributed by atoms with Crippen LogP contribution in [0.5, 0.6) is 0 Å². The highest BCUT2D eigenvalue weighted by Crippen LogP contribution is 2.20. The zero-order chi connectivity index (χ0) is 16.2. The molecule has 5 nitrogen and oxygen atoms in total. The van der Waals surface area contributed by atoms with Crippen LogP contribution >= 0.6 is 0 Å². The minimum Gasteiger partial charge on any atom is -0.858 e. The highest BCUT2D eigenvalue weighted by molar-refractivity contribution is 7.92. The van der Waals surface area contributed by atoms with Crippen molar-refractivity contribution < 1.29 is 13.5 Å². The summed E-state index contributed by atoms with van der Waals surface area (Å²) in [4.78, 5) is 3.94. The molecule has 0 aliphatic heterocycles. The maximum atomic E-state index is 12.4. The molecule has 0 heterocycles. The number of hydrogen-bond donors (Lipinski definition) is 1. The lowest BCUT2D eigenvalue weighted by Crippen LogP contribution is -2.22. The first kappa shape index (κ1) is 16.0. The molecule has 2 aromatic carbocycles. The Morgan fingerprint density at radius 3 is 2.41 bits per heavy atom. The number of anilines is 1. The van der Waals surface area contributed by atoms with Gasteiger partial charge in [0.15, 0.2) is 0 Å². The van der Waals surface area contributed by atoms with E-state index in [1.807, 2.05) is 6.92 Å². The van der Waals surface area contributed by atoms with Gasteiger partial charge in [-0.15, -0.1) is 0 Å². The topological polar surface area (TPSA) is 81.6 Å². The molecule has 0 radical (unpaired) electrons. The van der Waals surface area contributed by atoms with Crippen LogP contribution in [0.15, 0.2) is 58.4 Å². The van der Waals surface area contributed by atoms with E-state index in [0.29, 0.717) is 6.54 Å². The normalized spacial score (nSPS) is 12.2. The maximum absolute atomic E-state index is 12.4. The Balaban J connectivity index is 2.38. The standard InChI is InChI=1S/C16H18N2O3S/c1-3-17-16(19)14-6-4-5-7-15(14)18-22(20,21)13-10-8-12(2)9-11-13/h4-11,18H,3H2,1-2H3,(H,17,19)/p-1. The average Bonchev–Trinajstić information content (AvgIpc) is 2.48. The van der Waals surface area contributed by atoms with Crippen molar-refractivity contribution in [2.45, 2.75) is 18.7 Å². The number of sulfonamides is 1. The predicted molar refractivity (Wildman–Crippen MR) is 85.5 cm³/mol. The molecule has 22 heavy (non-hydrogen) atoms. The van der Waals surface area contributed by atoms with Gasteiger partial charge in [-0.05, 0) is 37.9 Å². The molecular formula is C16H17N2O3S-. The third kappa shape index (κ3) is 3.65. The quantitative estimate of drug-likeness (QED) is 0.675. The third-order valence-electron chi connectivity index (χ3n) is 3.03. The molecule has 0 aliphatic rings. The summed E-state index contributed by atoms with van der Waals surface area (Å²) < 4.78 is 27.2. The van der Waals surface area contributed by atoms with Gasteiger partial charge in [-0.1, -0.05) is 35.9 Å². The summed E-state index contributed by atoms with van der Waals surface area (Å²) in [6, 6.07) is 12.9. The van der Waals surface area contributed by atoms with E-state index in [2.05, 4.69) is 9.71 Å². The Kier molecular flexibility index (Phi) is 4.82. The van der Waals surface area contributed by atoms with E-state index in [9.17, 15) is 13.5 Å². The van der Waals surface area contributed by atoms with E-state index in [1.165, 1.54) is 12.1 Å². The van der Waals surface area contributed by atoms with E-state index < -0.39 is 15.9 Å². The van der Waals surface area contributed by atoms with E-state index in [4.69, 9.17) is 0 Å². The first-order valence-corrected chi connectivity index (χ1v) is 8.32. The molecule has 0 saturated carbocycles. The molecule has 0 amide bonds. The van der Waals surface area contributed by atoms with Crippen LogP contribution in [-0.2, 0) is 10.0 Å². The Morgan fingerprint density at radius 2 is 1.77 bits per heavy atom. The van der Waals surface area contributed by atoms with Gasteiger partial charge < -0.3 is 10.1 Å². The van der Waals surface area contributed by atoms with Crippen molar-refractivity contribution in [3.63, 3.8) is 0 Å². The zero-order valence-electron chi connectivity index (χ0n) is 12.4. The van der Waals surface area contributed by atoms with Crippen molar-refractivity contribution in [2.24, 2.45) is 4.99 Å². The number of nitrogens with zero attached hydrogens (tertiary/aromatic N) is 1. The Bertz CT molecular complexity index is 781. The Morgan fingerprint density at radius 1 is 1.14 bits per heavy atom. The van der Waals surface area contributed by atoms with Crippen molar-refractivity contribution >= 4 is 21.6 Å². The molecule has 6 heteroatoms. The molecule has 0 aromatic heterocycles. The molecule has 1 N–H and O–H groups in total. The largest absolute Gasteiger partial charge is 0.858 e. The van der Waals surface area contributed by atoms with Gasteiger partial charge in [0.1, 0.15) is 0 Å². The van der Waals surface area contributed by atoms with Gasteiger partial charge >= 0.3 is 0 Å². The van der Waals surface area contributed by atoms with Crippen LogP contribution in [0.25, 0.3) is 0 Å². The maximum Gasteiger partial charge on any atom is 0.261 e. The fourth-order valence-electron chi connectivity index (χ4n) is 1.91. The van der Waals surface area contributed by atoms with Crippen LogP contribution in [0.4, 0.5) is 5.69 Å². The molecule has 0 unspecified atom stereocenters.